The fraction of sp³-hybridized carbons (Fsp3) is 0.0714. The lowest BCUT2D eigenvalue weighted by molar-refractivity contribution is 0.102. The van der Waals surface area contributed by atoms with Crippen molar-refractivity contribution in [2.45, 2.75) is 6.92 Å². The molecule has 0 saturated heterocycles. The first-order chi connectivity index (χ1) is 8.95. The highest BCUT2D eigenvalue weighted by atomic mass is 79.9. The monoisotopic (exact) mass is 401 g/mol. The standard InChI is InChI=1S/C14H10Br2ClNO/c1-8-4-10(16)6-11(5-8)18-14(19)12-7-9(15)2-3-13(12)17/h2-7H,1H3,(H,18,19). The second-order valence-electron chi connectivity index (χ2n) is 4.10. The lowest BCUT2D eigenvalue weighted by Crippen LogP contribution is -2.12. The van der Waals surface area contributed by atoms with Gasteiger partial charge in [-0.25, -0.2) is 0 Å². The quantitative estimate of drug-likeness (QED) is 0.712. The number of anilines is 1. The first-order valence-corrected chi connectivity index (χ1v) is 7.46. The Morgan fingerprint density at radius 2 is 1.84 bits per heavy atom. The zero-order valence-electron chi connectivity index (χ0n) is 10.0. The van der Waals surface area contributed by atoms with Gasteiger partial charge in [0.05, 0.1) is 10.6 Å². The van der Waals surface area contributed by atoms with Crippen LogP contribution in [0.2, 0.25) is 5.02 Å². The van der Waals surface area contributed by atoms with Crippen LogP contribution in [0.25, 0.3) is 0 Å². The number of rotatable bonds is 2. The van der Waals surface area contributed by atoms with Crippen molar-refractivity contribution in [2.75, 3.05) is 5.32 Å². The van der Waals surface area contributed by atoms with E-state index in [1.807, 2.05) is 25.1 Å². The van der Waals surface area contributed by atoms with Crippen molar-refractivity contribution in [3.8, 4) is 0 Å². The molecule has 0 atom stereocenters. The Morgan fingerprint density at radius 1 is 1.11 bits per heavy atom. The SMILES string of the molecule is Cc1cc(Br)cc(NC(=O)c2cc(Br)ccc2Cl)c1. The van der Waals surface area contributed by atoms with Gasteiger partial charge in [-0.3, -0.25) is 4.79 Å². The summed E-state index contributed by atoms with van der Waals surface area (Å²) in [4.78, 5) is 12.2. The highest BCUT2D eigenvalue weighted by molar-refractivity contribution is 9.10. The van der Waals surface area contributed by atoms with Gasteiger partial charge in [0.15, 0.2) is 0 Å². The topological polar surface area (TPSA) is 29.1 Å². The molecule has 1 N–H and O–H groups in total. The normalized spacial score (nSPS) is 10.3. The number of nitrogens with one attached hydrogen (secondary N) is 1. The predicted molar refractivity (Wildman–Crippen MR) is 86.0 cm³/mol. The van der Waals surface area contributed by atoms with E-state index in [2.05, 4.69) is 37.2 Å². The van der Waals surface area contributed by atoms with Crippen LogP contribution in [0.5, 0.6) is 0 Å². The first-order valence-electron chi connectivity index (χ1n) is 5.49. The minimum atomic E-state index is -0.233. The molecule has 2 aromatic rings. The Morgan fingerprint density at radius 3 is 2.53 bits per heavy atom. The zero-order chi connectivity index (χ0) is 14.0. The molecule has 2 nitrogen and oxygen atoms in total. The molecule has 0 spiro atoms. The van der Waals surface area contributed by atoms with Gasteiger partial charge >= 0.3 is 0 Å². The van der Waals surface area contributed by atoms with E-state index in [0.717, 1.165) is 20.2 Å². The Balaban J connectivity index is 2.28. The molecule has 0 saturated carbocycles. The zero-order valence-corrected chi connectivity index (χ0v) is 13.9. The van der Waals surface area contributed by atoms with Gasteiger partial charge in [-0.05, 0) is 48.9 Å². The second-order valence-corrected chi connectivity index (χ2v) is 6.33. The molecule has 2 aromatic carbocycles. The van der Waals surface area contributed by atoms with Crippen molar-refractivity contribution in [2.24, 2.45) is 0 Å². The summed E-state index contributed by atoms with van der Waals surface area (Å²) in [6, 6.07) is 10.9. The summed E-state index contributed by atoms with van der Waals surface area (Å²) in [5.41, 5.74) is 2.23. The van der Waals surface area contributed by atoms with Crippen LogP contribution < -0.4 is 5.32 Å². The molecule has 1 amide bonds. The summed E-state index contributed by atoms with van der Waals surface area (Å²) in [5.74, 6) is -0.233. The highest BCUT2D eigenvalue weighted by Crippen LogP contribution is 2.24. The van der Waals surface area contributed by atoms with Gasteiger partial charge < -0.3 is 5.32 Å². The number of hydrogen-bond donors (Lipinski definition) is 1. The number of halogens is 3. The van der Waals surface area contributed by atoms with E-state index in [0.29, 0.717) is 10.6 Å². The average molecular weight is 404 g/mol. The van der Waals surface area contributed by atoms with Crippen molar-refractivity contribution in [3.63, 3.8) is 0 Å². The number of carbonyl (C=O) groups is 1. The molecule has 0 radical (unpaired) electrons. The maximum atomic E-state index is 12.2. The van der Waals surface area contributed by atoms with Crippen LogP contribution in [-0.4, -0.2) is 5.91 Å². The van der Waals surface area contributed by atoms with Gasteiger partial charge in [0.2, 0.25) is 0 Å². The van der Waals surface area contributed by atoms with E-state index in [1.54, 1.807) is 18.2 Å². The summed E-state index contributed by atoms with van der Waals surface area (Å²) in [6.07, 6.45) is 0. The summed E-state index contributed by atoms with van der Waals surface area (Å²) in [6.45, 7) is 1.96. The second kappa shape index (κ2) is 6.07. The molecule has 0 aliphatic heterocycles. The van der Waals surface area contributed by atoms with Gasteiger partial charge in [0, 0.05) is 14.6 Å². The Bertz CT molecular complexity index is 623. The summed E-state index contributed by atoms with van der Waals surface area (Å²) in [7, 11) is 0. The molecule has 19 heavy (non-hydrogen) atoms. The number of amides is 1. The van der Waals surface area contributed by atoms with Crippen LogP contribution in [0.15, 0.2) is 45.3 Å². The number of hydrogen-bond acceptors (Lipinski definition) is 1. The van der Waals surface area contributed by atoms with Gasteiger partial charge in [0.25, 0.3) is 5.91 Å². The van der Waals surface area contributed by atoms with Gasteiger partial charge in [-0.2, -0.15) is 0 Å². The molecular formula is C14H10Br2ClNO. The van der Waals surface area contributed by atoms with E-state index < -0.39 is 0 Å². The molecule has 98 valence electrons. The first kappa shape index (κ1) is 14.6. The number of carbonyl (C=O) groups excluding carboxylic acids is 1. The molecule has 0 aliphatic rings. The van der Waals surface area contributed by atoms with E-state index in [1.165, 1.54) is 0 Å². The highest BCUT2D eigenvalue weighted by Gasteiger charge is 2.11. The molecule has 0 heterocycles. The fourth-order valence-electron chi connectivity index (χ4n) is 1.68. The fourth-order valence-corrected chi connectivity index (χ4v) is 2.85. The molecule has 0 unspecified atom stereocenters. The lowest BCUT2D eigenvalue weighted by atomic mass is 10.2. The molecule has 0 fully saturated rings. The maximum Gasteiger partial charge on any atom is 0.257 e. The van der Waals surface area contributed by atoms with Crippen molar-refractivity contribution >= 4 is 55.1 Å². The predicted octanol–water partition coefficient (Wildman–Crippen LogP) is 5.43. The maximum absolute atomic E-state index is 12.2. The summed E-state index contributed by atoms with van der Waals surface area (Å²) in [5, 5.41) is 3.26. The Hall–Kier alpha value is -0.840. The van der Waals surface area contributed by atoms with Crippen LogP contribution in [0.1, 0.15) is 15.9 Å². The van der Waals surface area contributed by atoms with Crippen molar-refractivity contribution < 1.29 is 4.79 Å². The van der Waals surface area contributed by atoms with Crippen LogP contribution in [0.4, 0.5) is 5.69 Å². The lowest BCUT2D eigenvalue weighted by Gasteiger charge is -2.08. The van der Waals surface area contributed by atoms with E-state index in [9.17, 15) is 4.79 Å². The molecule has 0 bridgehead atoms. The Kier molecular flexibility index (Phi) is 4.66. The number of benzene rings is 2. The van der Waals surface area contributed by atoms with Crippen LogP contribution in [-0.2, 0) is 0 Å². The molecule has 5 heteroatoms. The summed E-state index contributed by atoms with van der Waals surface area (Å²) < 4.78 is 1.73. The van der Waals surface area contributed by atoms with Gasteiger partial charge in [0.1, 0.15) is 0 Å². The Labute approximate surface area is 133 Å². The van der Waals surface area contributed by atoms with Gasteiger partial charge in [-0.1, -0.05) is 43.5 Å². The van der Waals surface area contributed by atoms with Crippen molar-refractivity contribution in [1.29, 1.82) is 0 Å². The molecular weight excluding hydrogens is 393 g/mol. The summed E-state index contributed by atoms with van der Waals surface area (Å²) >= 11 is 12.8. The molecule has 2 rings (SSSR count). The average Bonchev–Trinajstić information content (AvgIpc) is 2.30. The smallest absolute Gasteiger partial charge is 0.257 e. The van der Waals surface area contributed by atoms with Crippen molar-refractivity contribution in [3.05, 3.63) is 61.5 Å². The molecule has 0 aromatic heterocycles. The van der Waals surface area contributed by atoms with Gasteiger partial charge in [-0.15, -0.1) is 0 Å². The minimum Gasteiger partial charge on any atom is -0.322 e. The molecule has 0 aliphatic carbocycles. The minimum absolute atomic E-state index is 0.233. The van der Waals surface area contributed by atoms with E-state index in [-0.39, 0.29) is 5.91 Å². The van der Waals surface area contributed by atoms with E-state index in [4.69, 9.17) is 11.6 Å². The van der Waals surface area contributed by atoms with Crippen LogP contribution in [0.3, 0.4) is 0 Å². The third-order valence-corrected chi connectivity index (χ3v) is 3.75. The largest absolute Gasteiger partial charge is 0.322 e. The number of aryl methyl sites for hydroxylation is 1. The third kappa shape index (κ3) is 3.81. The van der Waals surface area contributed by atoms with Crippen LogP contribution in [0, 0.1) is 6.92 Å². The van der Waals surface area contributed by atoms with Crippen LogP contribution >= 0.6 is 43.5 Å². The van der Waals surface area contributed by atoms with Crippen molar-refractivity contribution in [1.82, 2.24) is 0 Å². The van der Waals surface area contributed by atoms with E-state index >= 15 is 0 Å². The third-order valence-electron chi connectivity index (χ3n) is 2.47.